The third kappa shape index (κ3) is 3.40. The van der Waals surface area contributed by atoms with E-state index in [0.717, 1.165) is 5.56 Å². The fourth-order valence-corrected chi connectivity index (χ4v) is 3.58. The van der Waals surface area contributed by atoms with Crippen LogP contribution in [0.4, 0.5) is 0 Å². The molecule has 6 nitrogen and oxygen atoms in total. The molecule has 2 heterocycles. The van der Waals surface area contributed by atoms with Gasteiger partial charge in [-0.2, -0.15) is 5.26 Å². The quantitative estimate of drug-likeness (QED) is 0.722. The Labute approximate surface area is 147 Å². The fourth-order valence-electron chi connectivity index (χ4n) is 2.46. The Morgan fingerprint density at radius 2 is 1.84 bits per heavy atom. The molecule has 2 aromatic heterocycles. The summed E-state index contributed by atoms with van der Waals surface area (Å²) in [4.78, 5) is 24.5. The molecule has 7 heteroatoms. The van der Waals surface area contributed by atoms with E-state index in [0.29, 0.717) is 5.75 Å². The van der Waals surface area contributed by atoms with Crippen molar-refractivity contribution >= 4 is 23.2 Å². The molecular formula is C18H14N2O4S. The first-order valence-electron chi connectivity index (χ1n) is 7.11. The summed E-state index contributed by atoms with van der Waals surface area (Å²) < 4.78 is 1.20. The first-order valence-corrected chi connectivity index (χ1v) is 8.09. The van der Waals surface area contributed by atoms with E-state index in [9.17, 15) is 20.0 Å². The SMILES string of the molecule is N#Cc1c(SCc2ccccc2)c(C(=O)O)c2ccccn2c1=O.O. The van der Waals surface area contributed by atoms with Crippen molar-refractivity contribution in [2.75, 3.05) is 0 Å². The number of carbonyl (C=O) groups is 1. The van der Waals surface area contributed by atoms with Crippen LogP contribution in [-0.2, 0) is 5.75 Å². The number of benzene rings is 1. The number of hydrogen-bond acceptors (Lipinski definition) is 4. The van der Waals surface area contributed by atoms with E-state index in [-0.39, 0.29) is 27.0 Å². The van der Waals surface area contributed by atoms with Gasteiger partial charge in [0.05, 0.1) is 11.1 Å². The Bertz CT molecular complexity index is 1020. The van der Waals surface area contributed by atoms with E-state index in [2.05, 4.69) is 0 Å². The second-order valence-electron chi connectivity index (χ2n) is 5.03. The van der Waals surface area contributed by atoms with Gasteiger partial charge in [-0.3, -0.25) is 9.20 Å². The summed E-state index contributed by atoms with van der Waals surface area (Å²) in [6, 6.07) is 16.2. The fraction of sp³-hybridized carbons (Fsp3) is 0.0556. The monoisotopic (exact) mass is 354 g/mol. The summed E-state index contributed by atoms with van der Waals surface area (Å²) in [5, 5.41) is 19.0. The Hall–Kier alpha value is -3.08. The summed E-state index contributed by atoms with van der Waals surface area (Å²) in [7, 11) is 0. The zero-order chi connectivity index (χ0) is 17.1. The number of pyridine rings is 2. The molecular weight excluding hydrogens is 340 g/mol. The first-order chi connectivity index (χ1) is 11.6. The molecule has 3 N–H and O–H groups in total. The predicted molar refractivity (Wildman–Crippen MR) is 95.0 cm³/mol. The third-order valence-electron chi connectivity index (χ3n) is 3.55. The summed E-state index contributed by atoms with van der Waals surface area (Å²) >= 11 is 1.19. The van der Waals surface area contributed by atoms with Crippen LogP contribution >= 0.6 is 11.8 Å². The van der Waals surface area contributed by atoms with Gasteiger partial charge in [0, 0.05) is 16.8 Å². The minimum atomic E-state index is -1.16. The molecule has 0 aliphatic heterocycles. The van der Waals surface area contributed by atoms with Gasteiger partial charge >= 0.3 is 5.97 Å². The van der Waals surface area contributed by atoms with Crippen molar-refractivity contribution in [3.05, 3.63) is 81.8 Å². The molecule has 3 aromatic rings. The average Bonchev–Trinajstić information content (AvgIpc) is 2.60. The van der Waals surface area contributed by atoms with Gasteiger partial charge in [0.2, 0.25) is 0 Å². The molecule has 126 valence electrons. The number of thioether (sulfide) groups is 1. The van der Waals surface area contributed by atoms with Crippen LogP contribution in [0, 0.1) is 11.3 Å². The molecule has 0 saturated heterocycles. The van der Waals surface area contributed by atoms with Crippen molar-refractivity contribution in [2.45, 2.75) is 10.6 Å². The Morgan fingerprint density at radius 3 is 2.48 bits per heavy atom. The summed E-state index contributed by atoms with van der Waals surface area (Å²) in [5.74, 6) is -0.691. The van der Waals surface area contributed by atoms with Crippen LogP contribution in [0.5, 0.6) is 0 Å². The smallest absolute Gasteiger partial charge is 0.339 e. The van der Waals surface area contributed by atoms with Gasteiger partial charge in [-0.15, -0.1) is 11.8 Å². The van der Waals surface area contributed by atoms with E-state index in [1.807, 2.05) is 36.4 Å². The molecule has 1 aromatic carbocycles. The topological polar surface area (TPSA) is 114 Å². The third-order valence-corrected chi connectivity index (χ3v) is 4.73. The van der Waals surface area contributed by atoms with E-state index in [4.69, 9.17) is 0 Å². The van der Waals surface area contributed by atoms with Crippen molar-refractivity contribution in [1.82, 2.24) is 4.40 Å². The Balaban J connectivity index is 0.00000225. The van der Waals surface area contributed by atoms with Crippen molar-refractivity contribution < 1.29 is 15.4 Å². The van der Waals surface area contributed by atoms with Crippen LogP contribution in [-0.4, -0.2) is 21.0 Å². The highest BCUT2D eigenvalue weighted by atomic mass is 32.2. The molecule has 0 saturated carbocycles. The van der Waals surface area contributed by atoms with Gasteiger partial charge in [0.1, 0.15) is 11.6 Å². The predicted octanol–water partition coefficient (Wildman–Crippen LogP) is 2.34. The summed E-state index contributed by atoms with van der Waals surface area (Å²) in [6.07, 6.45) is 1.47. The van der Waals surface area contributed by atoms with E-state index >= 15 is 0 Å². The molecule has 0 radical (unpaired) electrons. The van der Waals surface area contributed by atoms with Crippen LogP contribution in [0.15, 0.2) is 64.4 Å². The number of aromatic nitrogens is 1. The van der Waals surface area contributed by atoms with Crippen molar-refractivity contribution in [3.63, 3.8) is 0 Å². The van der Waals surface area contributed by atoms with Gasteiger partial charge in [-0.1, -0.05) is 36.4 Å². The summed E-state index contributed by atoms with van der Waals surface area (Å²) in [6.45, 7) is 0. The number of hydrogen-bond donors (Lipinski definition) is 1. The van der Waals surface area contributed by atoms with Crippen LogP contribution < -0.4 is 5.56 Å². The highest BCUT2D eigenvalue weighted by molar-refractivity contribution is 7.98. The lowest BCUT2D eigenvalue weighted by atomic mass is 10.1. The van der Waals surface area contributed by atoms with Crippen LogP contribution in [0.1, 0.15) is 21.5 Å². The summed E-state index contributed by atoms with van der Waals surface area (Å²) in [5.41, 5.74) is 0.596. The van der Waals surface area contributed by atoms with Crippen molar-refractivity contribution in [2.24, 2.45) is 0 Å². The molecule has 3 rings (SSSR count). The standard InChI is InChI=1S/C18H12N2O3S.H2O/c19-10-13-16(24-11-12-6-2-1-3-7-12)15(18(22)23)14-8-4-5-9-20(14)17(13)21;/h1-9H,11H2,(H,22,23);1H2. The van der Waals surface area contributed by atoms with Gasteiger partial charge in [0.25, 0.3) is 5.56 Å². The lowest BCUT2D eigenvalue weighted by molar-refractivity contribution is 0.0694. The van der Waals surface area contributed by atoms with Crippen LogP contribution in [0.25, 0.3) is 5.52 Å². The lowest BCUT2D eigenvalue weighted by Crippen LogP contribution is -2.21. The van der Waals surface area contributed by atoms with E-state index in [1.165, 1.54) is 22.4 Å². The van der Waals surface area contributed by atoms with E-state index in [1.54, 1.807) is 18.2 Å². The van der Waals surface area contributed by atoms with Gasteiger partial charge in [0.15, 0.2) is 0 Å². The average molecular weight is 354 g/mol. The molecule has 0 spiro atoms. The van der Waals surface area contributed by atoms with E-state index < -0.39 is 11.5 Å². The molecule has 0 unspecified atom stereocenters. The zero-order valence-electron chi connectivity index (χ0n) is 13.0. The molecule has 0 atom stereocenters. The molecule has 0 bridgehead atoms. The molecule has 0 amide bonds. The number of carboxylic acid groups (broad SMARTS) is 1. The highest BCUT2D eigenvalue weighted by Gasteiger charge is 2.22. The maximum atomic E-state index is 12.5. The maximum absolute atomic E-state index is 12.5. The lowest BCUT2D eigenvalue weighted by Gasteiger charge is -2.12. The number of nitriles is 1. The second kappa shape index (κ2) is 7.66. The Morgan fingerprint density at radius 1 is 1.16 bits per heavy atom. The van der Waals surface area contributed by atoms with Crippen LogP contribution in [0.2, 0.25) is 0 Å². The van der Waals surface area contributed by atoms with Gasteiger partial charge in [-0.25, -0.2) is 4.79 Å². The Kier molecular flexibility index (Phi) is 5.60. The van der Waals surface area contributed by atoms with Gasteiger partial charge < -0.3 is 10.6 Å². The molecule has 0 aliphatic rings. The van der Waals surface area contributed by atoms with Crippen LogP contribution in [0.3, 0.4) is 0 Å². The minimum Gasteiger partial charge on any atom is -0.478 e. The number of fused-ring (bicyclic) bond motifs is 1. The molecule has 0 aliphatic carbocycles. The maximum Gasteiger partial charge on any atom is 0.339 e. The number of carboxylic acids is 1. The normalized spacial score (nSPS) is 10.0. The first kappa shape index (κ1) is 18.3. The van der Waals surface area contributed by atoms with Crippen molar-refractivity contribution in [1.29, 1.82) is 5.26 Å². The van der Waals surface area contributed by atoms with Gasteiger partial charge in [-0.05, 0) is 17.7 Å². The second-order valence-corrected chi connectivity index (χ2v) is 6.02. The molecule has 25 heavy (non-hydrogen) atoms. The number of rotatable bonds is 4. The highest BCUT2D eigenvalue weighted by Crippen LogP contribution is 2.30. The largest absolute Gasteiger partial charge is 0.478 e. The molecule has 0 fully saturated rings. The number of nitrogens with zero attached hydrogens (tertiary/aromatic N) is 2. The van der Waals surface area contributed by atoms with Crippen molar-refractivity contribution in [3.8, 4) is 6.07 Å². The number of aromatic carboxylic acids is 1. The minimum absolute atomic E-state index is 0. The zero-order valence-corrected chi connectivity index (χ0v) is 13.8.